The number of rotatable bonds is 7. The quantitative estimate of drug-likeness (QED) is 0.387. The highest BCUT2D eigenvalue weighted by atomic mass is 28.3. The van der Waals surface area contributed by atoms with Gasteiger partial charge in [0.25, 0.3) is 0 Å². The fraction of sp³-hybridized carbons (Fsp3) is 0.333. The number of anilines is 1. The standard InChI is InChI=1S/C24H29FN3O2Si/c1-24(2,3)14-21(30-31(4)5)16-7-6-8-17(13-16)22(29)20-15-27-28(23(20)26)19-11-9-18(25)10-12-19/h6-13,15,21H,14,26H2,1-5H3. The number of nitrogens with two attached hydrogens (primary N) is 1. The molecule has 3 rings (SSSR count). The molecule has 1 radical (unpaired) electrons. The Kier molecular flexibility index (Phi) is 6.76. The van der Waals surface area contributed by atoms with Crippen LogP contribution in [0.2, 0.25) is 13.1 Å². The van der Waals surface area contributed by atoms with Crippen molar-refractivity contribution in [1.29, 1.82) is 0 Å². The number of aromatic nitrogens is 2. The number of carbonyl (C=O) groups is 1. The molecule has 5 nitrogen and oxygen atoms in total. The maximum absolute atomic E-state index is 13.2. The van der Waals surface area contributed by atoms with Gasteiger partial charge in [0.1, 0.15) is 11.6 Å². The van der Waals surface area contributed by atoms with E-state index in [2.05, 4.69) is 39.0 Å². The Labute approximate surface area is 184 Å². The maximum Gasteiger partial charge on any atom is 0.205 e. The Hall–Kier alpha value is -2.77. The molecule has 0 amide bonds. The van der Waals surface area contributed by atoms with Gasteiger partial charge >= 0.3 is 0 Å². The summed E-state index contributed by atoms with van der Waals surface area (Å²) in [6.45, 7) is 10.8. The lowest BCUT2D eigenvalue weighted by Crippen LogP contribution is -2.20. The number of nitrogens with zero attached hydrogens (tertiary/aromatic N) is 2. The second-order valence-electron chi connectivity index (χ2n) is 9.07. The summed E-state index contributed by atoms with van der Waals surface area (Å²) in [5, 5.41) is 4.24. The van der Waals surface area contributed by atoms with Gasteiger partial charge in [-0.25, -0.2) is 9.07 Å². The van der Waals surface area contributed by atoms with Crippen LogP contribution in [0.1, 0.15) is 54.8 Å². The van der Waals surface area contributed by atoms with Gasteiger partial charge in [-0.15, -0.1) is 0 Å². The highest BCUT2D eigenvalue weighted by molar-refractivity contribution is 6.48. The zero-order valence-electron chi connectivity index (χ0n) is 18.6. The van der Waals surface area contributed by atoms with Crippen molar-refractivity contribution in [1.82, 2.24) is 9.78 Å². The summed E-state index contributed by atoms with van der Waals surface area (Å²) in [7, 11) is -0.918. The number of carbonyl (C=O) groups excluding carboxylic acids is 1. The molecule has 7 heteroatoms. The first-order valence-corrected chi connectivity index (χ1v) is 12.7. The van der Waals surface area contributed by atoms with Crippen molar-refractivity contribution in [3.05, 3.63) is 77.2 Å². The lowest BCUT2D eigenvalue weighted by Gasteiger charge is -2.28. The first kappa shape index (κ1) is 22.9. The van der Waals surface area contributed by atoms with Crippen LogP contribution in [0.25, 0.3) is 5.69 Å². The van der Waals surface area contributed by atoms with Crippen molar-refractivity contribution in [3.63, 3.8) is 0 Å². The minimum absolute atomic E-state index is 0.0732. The molecule has 163 valence electrons. The summed E-state index contributed by atoms with van der Waals surface area (Å²) in [6.07, 6.45) is 2.23. The van der Waals surface area contributed by atoms with Crippen LogP contribution in [0.5, 0.6) is 0 Å². The van der Waals surface area contributed by atoms with Crippen molar-refractivity contribution in [2.75, 3.05) is 5.73 Å². The molecule has 0 aliphatic rings. The molecule has 31 heavy (non-hydrogen) atoms. The van der Waals surface area contributed by atoms with Crippen LogP contribution in [-0.4, -0.2) is 24.6 Å². The van der Waals surface area contributed by atoms with E-state index in [1.54, 1.807) is 18.2 Å². The fourth-order valence-corrected chi connectivity index (χ4v) is 4.21. The molecule has 0 bridgehead atoms. The number of nitrogen functional groups attached to an aromatic ring is 1. The maximum atomic E-state index is 13.2. The third kappa shape index (κ3) is 5.68. The number of ketones is 1. The van der Waals surface area contributed by atoms with E-state index in [-0.39, 0.29) is 28.9 Å². The minimum atomic E-state index is -0.918. The third-order valence-electron chi connectivity index (χ3n) is 4.82. The van der Waals surface area contributed by atoms with Gasteiger partial charge in [0.05, 0.1) is 23.6 Å². The van der Waals surface area contributed by atoms with Crippen LogP contribution in [0.15, 0.2) is 54.7 Å². The second kappa shape index (κ2) is 9.16. The van der Waals surface area contributed by atoms with Crippen LogP contribution in [0.4, 0.5) is 10.2 Å². The Morgan fingerprint density at radius 1 is 1.19 bits per heavy atom. The molecule has 1 aromatic heterocycles. The van der Waals surface area contributed by atoms with Gasteiger partial charge < -0.3 is 10.2 Å². The molecule has 0 spiro atoms. The molecule has 1 unspecified atom stereocenters. The Bertz CT molecular complexity index is 1060. The van der Waals surface area contributed by atoms with Crippen LogP contribution in [-0.2, 0) is 4.43 Å². The SMILES string of the molecule is C[Si](C)OC(CC(C)(C)C)c1cccc(C(=O)c2cnn(-c3ccc(F)cc3)c2N)c1. The van der Waals surface area contributed by atoms with E-state index in [4.69, 9.17) is 10.2 Å². The van der Waals surface area contributed by atoms with Gasteiger partial charge in [-0.3, -0.25) is 4.79 Å². The van der Waals surface area contributed by atoms with Crippen LogP contribution < -0.4 is 5.73 Å². The molecular formula is C24H29FN3O2Si. The smallest absolute Gasteiger partial charge is 0.205 e. The van der Waals surface area contributed by atoms with Gasteiger partial charge in [-0.1, -0.05) is 39.0 Å². The average Bonchev–Trinajstić information content (AvgIpc) is 3.07. The van der Waals surface area contributed by atoms with Crippen LogP contribution in [0.3, 0.4) is 0 Å². The molecule has 2 aromatic carbocycles. The molecule has 2 N–H and O–H groups in total. The molecule has 1 atom stereocenters. The highest BCUT2D eigenvalue weighted by Gasteiger charge is 2.24. The van der Waals surface area contributed by atoms with Gasteiger partial charge in [0.2, 0.25) is 9.04 Å². The van der Waals surface area contributed by atoms with Crippen molar-refractivity contribution >= 4 is 20.6 Å². The van der Waals surface area contributed by atoms with E-state index >= 15 is 0 Å². The van der Waals surface area contributed by atoms with E-state index in [9.17, 15) is 9.18 Å². The Balaban J connectivity index is 1.92. The molecular weight excluding hydrogens is 409 g/mol. The van der Waals surface area contributed by atoms with Crippen molar-refractivity contribution in [2.24, 2.45) is 5.41 Å². The number of halogens is 1. The van der Waals surface area contributed by atoms with E-state index in [1.807, 2.05) is 18.2 Å². The topological polar surface area (TPSA) is 70.1 Å². The molecule has 0 aliphatic carbocycles. The van der Waals surface area contributed by atoms with Crippen molar-refractivity contribution in [3.8, 4) is 5.69 Å². The summed E-state index contributed by atoms with van der Waals surface area (Å²) in [4.78, 5) is 13.2. The van der Waals surface area contributed by atoms with Gasteiger partial charge in [0.15, 0.2) is 5.78 Å². The molecule has 0 saturated heterocycles. The number of hydrogen-bond donors (Lipinski definition) is 1. The Morgan fingerprint density at radius 2 is 1.87 bits per heavy atom. The fourth-order valence-electron chi connectivity index (χ4n) is 3.42. The lowest BCUT2D eigenvalue weighted by atomic mass is 9.86. The minimum Gasteiger partial charge on any atom is -0.410 e. The zero-order valence-corrected chi connectivity index (χ0v) is 19.6. The van der Waals surface area contributed by atoms with Crippen LogP contribution in [0, 0.1) is 11.2 Å². The monoisotopic (exact) mass is 438 g/mol. The Morgan fingerprint density at radius 3 is 2.48 bits per heavy atom. The number of benzene rings is 2. The largest absolute Gasteiger partial charge is 0.410 e. The van der Waals surface area contributed by atoms with Gasteiger partial charge in [-0.05, 0) is 60.8 Å². The average molecular weight is 439 g/mol. The highest BCUT2D eigenvalue weighted by Crippen LogP contribution is 2.33. The lowest BCUT2D eigenvalue weighted by molar-refractivity contribution is 0.103. The number of hydrogen-bond acceptors (Lipinski definition) is 4. The van der Waals surface area contributed by atoms with Gasteiger partial charge in [0, 0.05) is 5.56 Å². The van der Waals surface area contributed by atoms with Crippen LogP contribution >= 0.6 is 0 Å². The normalized spacial score (nSPS) is 12.9. The molecule has 1 heterocycles. The van der Waals surface area contributed by atoms with Gasteiger partial charge in [-0.2, -0.15) is 5.10 Å². The summed E-state index contributed by atoms with van der Waals surface area (Å²) in [5.74, 6) is -0.337. The van der Waals surface area contributed by atoms with E-state index < -0.39 is 9.04 Å². The molecule has 3 aromatic rings. The van der Waals surface area contributed by atoms with Crippen molar-refractivity contribution in [2.45, 2.75) is 46.4 Å². The molecule has 0 saturated carbocycles. The third-order valence-corrected chi connectivity index (χ3v) is 5.57. The van der Waals surface area contributed by atoms with E-state index in [0.29, 0.717) is 16.8 Å². The molecule has 0 fully saturated rings. The van der Waals surface area contributed by atoms with E-state index in [1.165, 1.54) is 23.0 Å². The first-order valence-electron chi connectivity index (χ1n) is 10.3. The molecule has 0 aliphatic heterocycles. The summed E-state index contributed by atoms with van der Waals surface area (Å²) >= 11 is 0. The summed E-state index contributed by atoms with van der Waals surface area (Å²) < 4.78 is 20.9. The zero-order chi connectivity index (χ0) is 22.8. The second-order valence-corrected chi connectivity index (χ2v) is 11.1. The van der Waals surface area contributed by atoms with E-state index in [0.717, 1.165) is 12.0 Å². The predicted molar refractivity (Wildman–Crippen MR) is 123 cm³/mol. The van der Waals surface area contributed by atoms with Crippen molar-refractivity contribution < 1.29 is 13.6 Å². The predicted octanol–water partition coefficient (Wildman–Crippen LogP) is 5.57. The summed E-state index contributed by atoms with van der Waals surface area (Å²) in [5.41, 5.74) is 8.73. The summed E-state index contributed by atoms with van der Waals surface area (Å²) in [6, 6.07) is 13.3. The first-order chi connectivity index (χ1) is 14.5.